The van der Waals surface area contributed by atoms with Crippen LogP contribution in [0.5, 0.6) is 0 Å². The van der Waals surface area contributed by atoms with Gasteiger partial charge in [0.25, 0.3) is 0 Å². The molecule has 21 heteroatoms. The van der Waals surface area contributed by atoms with E-state index in [4.69, 9.17) is 14.2 Å². The van der Waals surface area contributed by atoms with Crippen LogP contribution in [-0.4, -0.2) is 134 Å². The molecule has 4 fully saturated rings. The van der Waals surface area contributed by atoms with Crippen LogP contribution in [0.25, 0.3) is 44.3 Å². The molecule has 0 N–H and O–H groups in total. The molecule has 17 nitrogen and oxygen atoms in total. The number of aryl methyl sites for hydroxylation is 2. The first-order valence-electron chi connectivity index (χ1n) is 30.5. The van der Waals surface area contributed by atoms with E-state index in [2.05, 4.69) is 49.7 Å². The Hall–Kier alpha value is -8.11. The zero-order chi connectivity index (χ0) is 61.2. The largest absolute Gasteiger partial charge is 0.445 e. The lowest BCUT2D eigenvalue weighted by Crippen LogP contribution is -2.60. The minimum absolute atomic E-state index is 0.0279. The summed E-state index contributed by atoms with van der Waals surface area (Å²) < 4.78 is 81.7. The molecule has 0 unspecified atom stereocenters. The summed E-state index contributed by atoms with van der Waals surface area (Å²) in [6.07, 6.45) is 14.7. The number of aromatic nitrogens is 10. The van der Waals surface area contributed by atoms with E-state index in [1.54, 1.807) is 36.7 Å². The summed E-state index contributed by atoms with van der Waals surface area (Å²) in [7, 11) is 0. The lowest BCUT2D eigenvalue weighted by molar-refractivity contribution is -0.0992. The number of hydrogen-bond acceptors (Lipinski definition) is 14. The molecule has 9 aromatic rings. The second kappa shape index (κ2) is 26.3. The molecule has 88 heavy (non-hydrogen) atoms. The summed E-state index contributed by atoms with van der Waals surface area (Å²) in [5, 5.41) is 0. The number of rotatable bonds is 14. The Kier molecular flexibility index (Phi) is 18.0. The molecular formula is C67H73F4N13O4. The van der Waals surface area contributed by atoms with Gasteiger partial charge in [-0.15, -0.1) is 0 Å². The quantitative estimate of drug-likeness (QED) is 0.0943. The third kappa shape index (κ3) is 13.3. The summed E-state index contributed by atoms with van der Waals surface area (Å²) in [6.45, 7) is 18.8. The first-order valence-corrected chi connectivity index (χ1v) is 30.5. The van der Waals surface area contributed by atoms with Crippen molar-refractivity contribution < 1.29 is 36.6 Å². The van der Waals surface area contributed by atoms with Gasteiger partial charge < -0.3 is 28.2 Å². The number of carbonyl (C=O) groups is 1. The van der Waals surface area contributed by atoms with Gasteiger partial charge in [0.15, 0.2) is 11.6 Å². The van der Waals surface area contributed by atoms with Crippen LogP contribution in [0.2, 0.25) is 0 Å². The van der Waals surface area contributed by atoms with Crippen LogP contribution in [0.3, 0.4) is 0 Å². The van der Waals surface area contributed by atoms with E-state index < -0.39 is 23.3 Å². The molecule has 4 atom stereocenters. The smallest absolute Gasteiger partial charge is 0.410 e. The van der Waals surface area contributed by atoms with E-state index in [0.29, 0.717) is 113 Å². The number of ether oxygens (including phenoxy) is 3. The predicted octanol–water partition coefficient (Wildman–Crippen LogP) is 11.9. The number of nitrogens with zero attached hydrogens (tertiary/aromatic N) is 13. The predicted molar refractivity (Wildman–Crippen MR) is 325 cm³/mol. The first-order chi connectivity index (χ1) is 42.6. The maximum atomic E-state index is 15.1. The fraction of sp³-hybridized carbons (Fsp3) is 0.418. The monoisotopic (exact) mass is 1200 g/mol. The standard InChI is InChI=1S/C37H39F2N7O3.C30H34F2N6O/c1-23(2)46-24(3)43-36-30(38)13-27(14-33(36)46)29-15-28(40-19-31(29)39)16-35-41-17-26(18-42-35)20-44-10-9-32-34(21-44)48-12-11-45(32)37(47)49-22-25-7-5-4-6-8-25;1-18(2)38-19(3)36-30-25(31)9-22(10-27(30)38)24-11-23(33-15-26(24)32)12-29-34-13-20(14-35-29)16-37-7-6-21-5-4-8-39-28(21)17-37/h4-8,13-15,17-19,23,32,34H,9-12,16,20-22H2,1-3H3;9-11,13-15,18,21,28H,4-8,12,16-17H2,1-3H3/t32-,34-;21-,28-/m00/s1. The van der Waals surface area contributed by atoms with Crippen molar-refractivity contribution in [2.24, 2.45) is 5.92 Å². The van der Waals surface area contributed by atoms with E-state index in [1.807, 2.05) is 98.3 Å². The van der Waals surface area contributed by atoms with Gasteiger partial charge in [-0.05, 0) is 133 Å². The van der Waals surface area contributed by atoms with E-state index in [9.17, 15) is 9.18 Å². The van der Waals surface area contributed by atoms with Gasteiger partial charge in [-0.3, -0.25) is 19.8 Å². The minimum atomic E-state index is -0.538. The van der Waals surface area contributed by atoms with Crippen LogP contribution in [-0.2, 0) is 46.7 Å². The van der Waals surface area contributed by atoms with Gasteiger partial charge in [0.1, 0.15) is 52.6 Å². The maximum Gasteiger partial charge on any atom is 0.410 e. The van der Waals surface area contributed by atoms with E-state index in [-0.39, 0.29) is 48.0 Å². The molecule has 4 aliphatic rings. The number of amides is 1. The molecule has 0 radical (unpaired) electrons. The van der Waals surface area contributed by atoms with Crippen LogP contribution < -0.4 is 0 Å². The van der Waals surface area contributed by atoms with Crippen molar-refractivity contribution in [3.8, 4) is 22.3 Å². The molecule has 13 rings (SSSR count). The third-order valence-electron chi connectivity index (χ3n) is 17.3. The van der Waals surface area contributed by atoms with Crippen molar-refractivity contribution >= 4 is 28.2 Å². The van der Waals surface area contributed by atoms with Gasteiger partial charge in [0, 0.05) is 116 Å². The van der Waals surface area contributed by atoms with E-state index >= 15 is 13.2 Å². The highest BCUT2D eigenvalue weighted by Crippen LogP contribution is 2.35. The summed E-state index contributed by atoms with van der Waals surface area (Å²) in [4.78, 5) is 55.0. The van der Waals surface area contributed by atoms with Gasteiger partial charge in [-0.2, -0.15) is 0 Å². The minimum Gasteiger partial charge on any atom is -0.445 e. The molecule has 6 aromatic heterocycles. The Morgan fingerprint density at radius 2 is 1.09 bits per heavy atom. The highest BCUT2D eigenvalue weighted by molar-refractivity contribution is 5.85. The van der Waals surface area contributed by atoms with Gasteiger partial charge >= 0.3 is 6.09 Å². The SMILES string of the molecule is Cc1nc2c(F)cc(-c3cc(Cc4ncc(CN5CC[C@@H]6CCCO[C@H]6C5)cn4)ncc3F)cc2n1C(C)C.Cc1nc2c(F)cc(-c3cc(Cc4ncc(CN5CC[C@H]6[C@H](C5)OCCN6C(=O)OCc5ccccc5)cn4)ncc3F)cc2n1C(C)C. The van der Waals surface area contributed by atoms with Crippen LogP contribution in [0.15, 0.2) is 104 Å². The highest BCUT2D eigenvalue weighted by Gasteiger charge is 2.40. The molecule has 0 saturated carbocycles. The van der Waals surface area contributed by atoms with Crippen LogP contribution in [0.4, 0.5) is 22.4 Å². The van der Waals surface area contributed by atoms with Crippen molar-refractivity contribution in [3.63, 3.8) is 0 Å². The van der Waals surface area contributed by atoms with E-state index in [0.717, 1.165) is 67.9 Å². The number of imidazole rings is 2. The molecule has 0 aliphatic carbocycles. The second-order valence-electron chi connectivity index (χ2n) is 24.1. The summed E-state index contributed by atoms with van der Waals surface area (Å²) in [5.41, 5.74) is 7.40. The molecule has 4 aliphatic heterocycles. The Morgan fingerprint density at radius 1 is 0.580 bits per heavy atom. The Balaban J connectivity index is 0.000000176. The second-order valence-corrected chi connectivity index (χ2v) is 24.1. The van der Waals surface area contributed by atoms with Crippen molar-refractivity contribution in [1.29, 1.82) is 0 Å². The number of likely N-dealkylation sites (tertiary alicyclic amines) is 2. The normalized spacial score (nSPS) is 19.0. The number of pyridine rings is 2. The van der Waals surface area contributed by atoms with Crippen molar-refractivity contribution in [2.75, 3.05) is 45.9 Å². The molecule has 4 saturated heterocycles. The lowest BCUT2D eigenvalue weighted by Gasteiger charge is -2.46. The van der Waals surface area contributed by atoms with Crippen LogP contribution in [0, 0.1) is 43.0 Å². The zero-order valence-electron chi connectivity index (χ0n) is 50.6. The van der Waals surface area contributed by atoms with Crippen molar-refractivity contribution in [3.05, 3.63) is 179 Å². The Morgan fingerprint density at radius 3 is 1.62 bits per heavy atom. The number of halogens is 4. The third-order valence-corrected chi connectivity index (χ3v) is 17.3. The summed E-state index contributed by atoms with van der Waals surface area (Å²) in [6, 6.07) is 19.3. The summed E-state index contributed by atoms with van der Waals surface area (Å²) >= 11 is 0. The van der Waals surface area contributed by atoms with E-state index in [1.165, 1.54) is 37.6 Å². The van der Waals surface area contributed by atoms with Gasteiger partial charge in [0.05, 0.1) is 61.1 Å². The Labute approximate surface area is 509 Å². The zero-order valence-corrected chi connectivity index (χ0v) is 50.6. The molecule has 458 valence electrons. The van der Waals surface area contributed by atoms with Crippen LogP contribution >= 0.6 is 0 Å². The topological polar surface area (TPSA) is 167 Å². The number of carbonyl (C=O) groups excluding carboxylic acids is 1. The average molecular weight is 1200 g/mol. The number of benzene rings is 3. The lowest BCUT2D eigenvalue weighted by atomic mass is 9.87. The number of fused-ring (bicyclic) bond motifs is 4. The molecule has 0 bridgehead atoms. The van der Waals surface area contributed by atoms with Gasteiger partial charge in [-0.25, -0.2) is 52.3 Å². The number of piperidine rings is 2. The summed E-state index contributed by atoms with van der Waals surface area (Å²) in [5.74, 6) is 1.26. The molecule has 0 spiro atoms. The average Bonchev–Trinajstić information content (AvgIpc) is 2.55. The number of hydrogen-bond donors (Lipinski definition) is 0. The maximum absolute atomic E-state index is 15.1. The fourth-order valence-corrected chi connectivity index (χ4v) is 13.1. The van der Waals surface area contributed by atoms with Gasteiger partial charge in [0.2, 0.25) is 0 Å². The highest BCUT2D eigenvalue weighted by atomic mass is 19.1. The molecule has 3 aromatic carbocycles. The first kappa shape index (κ1) is 60.2. The molecule has 1 amide bonds. The van der Waals surface area contributed by atoms with Crippen molar-refractivity contribution in [1.82, 2.24) is 63.7 Å². The Bertz CT molecular complexity index is 3940. The molecule has 10 heterocycles. The van der Waals surface area contributed by atoms with Crippen molar-refractivity contribution in [2.45, 2.75) is 130 Å². The fourth-order valence-electron chi connectivity index (χ4n) is 13.1. The van der Waals surface area contributed by atoms with Gasteiger partial charge in [-0.1, -0.05) is 30.3 Å². The molecular weight excluding hydrogens is 1130 g/mol. The number of morpholine rings is 1. The van der Waals surface area contributed by atoms with Crippen LogP contribution in [0.1, 0.15) is 117 Å².